The van der Waals surface area contributed by atoms with Gasteiger partial charge in [-0.05, 0) is 50.4 Å². The predicted molar refractivity (Wildman–Crippen MR) is 76.5 cm³/mol. The van der Waals surface area contributed by atoms with E-state index in [9.17, 15) is 13.6 Å². The second-order valence-corrected chi connectivity index (χ2v) is 5.17. The fourth-order valence-corrected chi connectivity index (χ4v) is 2.49. The average Bonchev–Trinajstić information content (AvgIpc) is 2.48. The van der Waals surface area contributed by atoms with E-state index < -0.39 is 6.61 Å². The number of nitrogens with one attached hydrogen (secondary N) is 2. The molecule has 0 saturated carbocycles. The van der Waals surface area contributed by atoms with E-state index in [1.165, 1.54) is 6.07 Å². The van der Waals surface area contributed by atoms with Crippen molar-refractivity contribution in [2.24, 2.45) is 5.92 Å². The van der Waals surface area contributed by atoms with E-state index in [-0.39, 0.29) is 17.3 Å². The Hall–Kier alpha value is -1.69. The smallest absolute Gasteiger partial charge is 0.387 e. The summed E-state index contributed by atoms with van der Waals surface area (Å²) in [4.78, 5) is 11.9. The van der Waals surface area contributed by atoms with E-state index in [1.807, 2.05) is 0 Å². The Morgan fingerprint density at radius 2 is 2.24 bits per heavy atom. The molecule has 1 fully saturated rings. The van der Waals surface area contributed by atoms with Gasteiger partial charge in [0.05, 0.1) is 5.69 Å². The number of anilines is 1. The van der Waals surface area contributed by atoms with Crippen LogP contribution in [0.1, 0.15) is 25.7 Å². The van der Waals surface area contributed by atoms with Crippen LogP contribution in [0.4, 0.5) is 14.5 Å². The zero-order valence-electron chi connectivity index (χ0n) is 11.8. The molecule has 21 heavy (non-hydrogen) atoms. The molecule has 1 heterocycles. The molecule has 1 saturated heterocycles. The minimum absolute atomic E-state index is 0.0137. The summed E-state index contributed by atoms with van der Waals surface area (Å²) >= 11 is 0. The van der Waals surface area contributed by atoms with Crippen molar-refractivity contribution in [3.8, 4) is 5.75 Å². The van der Waals surface area contributed by atoms with Crippen LogP contribution in [-0.4, -0.2) is 25.6 Å². The molecule has 1 amide bonds. The number of hydrogen-bond donors (Lipinski definition) is 2. The van der Waals surface area contributed by atoms with Crippen LogP contribution in [0.15, 0.2) is 24.3 Å². The van der Waals surface area contributed by atoms with E-state index in [1.54, 1.807) is 18.2 Å². The molecule has 0 aliphatic carbocycles. The Morgan fingerprint density at radius 1 is 1.43 bits per heavy atom. The van der Waals surface area contributed by atoms with Crippen molar-refractivity contribution < 1.29 is 18.3 Å². The van der Waals surface area contributed by atoms with Crippen molar-refractivity contribution in [2.45, 2.75) is 32.3 Å². The Balaban J connectivity index is 1.84. The van der Waals surface area contributed by atoms with Crippen LogP contribution in [0.25, 0.3) is 0 Å². The summed E-state index contributed by atoms with van der Waals surface area (Å²) in [6.45, 7) is -0.921. The van der Waals surface area contributed by atoms with Crippen LogP contribution in [0.3, 0.4) is 0 Å². The molecule has 1 aliphatic heterocycles. The molecule has 0 aromatic heterocycles. The molecule has 1 aromatic carbocycles. The van der Waals surface area contributed by atoms with Crippen molar-refractivity contribution in [2.75, 3.05) is 18.4 Å². The van der Waals surface area contributed by atoms with E-state index in [2.05, 4.69) is 15.4 Å². The second-order valence-electron chi connectivity index (χ2n) is 5.17. The molecular formula is C15H20F2N2O2. The highest BCUT2D eigenvalue weighted by atomic mass is 19.3. The molecule has 0 radical (unpaired) electrons. The van der Waals surface area contributed by atoms with Gasteiger partial charge in [0.15, 0.2) is 0 Å². The molecule has 0 bridgehead atoms. The SMILES string of the molecule is O=C(CCC1CCCNC1)Nc1ccccc1OC(F)F. The van der Waals surface area contributed by atoms with Gasteiger partial charge < -0.3 is 15.4 Å². The summed E-state index contributed by atoms with van der Waals surface area (Å²) < 4.78 is 29.0. The quantitative estimate of drug-likeness (QED) is 0.849. The Morgan fingerprint density at radius 3 is 2.95 bits per heavy atom. The lowest BCUT2D eigenvalue weighted by Crippen LogP contribution is -2.30. The molecule has 2 N–H and O–H groups in total. The second kappa shape index (κ2) is 7.93. The first kappa shape index (κ1) is 15.7. The number of rotatable bonds is 6. The van der Waals surface area contributed by atoms with Gasteiger partial charge in [-0.1, -0.05) is 12.1 Å². The molecule has 2 rings (SSSR count). The van der Waals surface area contributed by atoms with Crippen LogP contribution in [0.2, 0.25) is 0 Å². The Kier molecular flexibility index (Phi) is 5.92. The maximum absolute atomic E-state index is 12.3. The highest BCUT2D eigenvalue weighted by Crippen LogP contribution is 2.26. The van der Waals surface area contributed by atoms with Gasteiger partial charge >= 0.3 is 6.61 Å². The van der Waals surface area contributed by atoms with Crippen molar-refractivity contribution in [1.82, 2.24) is 5.32 Å². The van der Waals surface area contributed by atoms with E-state index >= 15 is 0 Å². The molecule has 0 spiro atoms. The predicted octanol–water partition coefficient (Wildman–Crippen LogP) is 3.01. The largest absolute Gasteiger partial charge is 0.433 e. The zero-order chi connectivity index (χ0) is 15.1. The number of benzene rings is 1. The van der Waals surface area contributed by atoms with Gasteiger partial charge in [-0.3, -0.25) is 4.79 Å². The number of hydrogen-bond acceptors (Lipinski definition) is 3. The molecule has 1 unspecified atom stereocenters. The van der Waals surface area contributed by atoms with Gasteiger partial charge in [-0.25, -0.2) is 0 Å². The Labute approximate surface area is 122 Å². The summed E-state index contributed by atoms with van der Waals surface area (Å²) in [7, 11) is 0. The molecule has 4 nitrogen and oxygen atoms in total. The summed E-state index contributed by atoms with van der Waals surface area (Å²) in [5.74, 6) is 0.322. The first-order chi connectivity index (χ1) is 10.1. The van der Waals surface area contributed by atoms with Crippen molar-refractivity contribution in [1.29, 1.82) is 0 Å². The van der Waals surface area contributed by atoms with Gasteiger partial charge in [0.25, 0.3) is 0 Å². The lowest BCUT2D eigenvalue weighted by Gasteiger charge is -2.22. The van der Waals surface area contributed by atoms with Gasteiger partial charge in [-0.15, -0.1) is 0 Å². The maximum Gasteiger partial charge on any atom is 0.387 e. The Bertz CT molecular complexity index is 463. The molecule has 1 aromatic rings. The van der Waals surface area contributed by atoms with Gasteiger partial charge in [-0.2, -0.15) is 8.78 Å². The number of amides is 1. The molecule has 1 aliphatic rings. The molecule has 6 heteroatoms. The maximum atomic E-state index is 12.3. The standard InChI is InChI=1S/C15H20F2N2O2/c16-15(17)21-13-6-2-1-5-12(13)19-14(20)8-7-11-4-3-9-18-10-11/h1-2,5-6,11,15,18H,3-4,7-10H2,(H,19,20). The van der Waals surface area contributed by atoms with Crippen molar-refractivity contribution >= 4 is 11.6 Å². The van der Waals surface area contributed by atoms with Crippen LogP contribution in [-0.2, 0) is 4.79 Å². The average molecular weight is 298 g/mol. The van der Waals surface area contributed by atoms with Crippen molar-refractivity contribution in [3.63, 3.8) is 0 Å². The summed E-state index contributed by atoms with van der Waals surface area (Å²) in [5.41, 5.74) is 0.282. The highest BCUT2D eigenvalue weighted by Gasteiger charge is 2.16. The number of carbonyl (C=O) groups excluding carboxylic acids is 1. The molecule has 1 atom stereocenters. The normalized spacial score (nSPS) is 18.5. The first-order valence-corrected chi connectivity index (χ1v) is 7.19. The number of alkyl halides is 2. The number of carbonyl (C=O) groups is 1. The lowest BCUT2D eigenvalue weighted by atomic mass is 9.94. The van der Waals surface area contributed by atoms with Crippen LogP contribution >= 0.6 is 0 Å². The topological polar surface area (TPSA) is 50.4 Å². The first-order valence-electron chi connectivity index (χ1n) is 7.19. The van der Waals surface area contributed by atoms with Crippen LogP contribution < -0.4 is 15.4 Å². The minimum atomic E-state index is -2.91. The van der Waals surface area contributed by atoms with Gasteiger partial charge in [0.1, 0.15) is 5.75 Å². The number of para-hydroxylation sites is 2. The molecule has 116 valence electrons. The summed E-state index contributed by atoms with van der Waals surface area (Å²) in [5, 5.41) is 5.94. The van der Waals surface area contributed by atoms with Gasteiger partial charge in [0, 0.05) is 6.42 Å². The van der Waals surface area contributed by atoms with E-state index in [0.29, 0.717) is 12.3 Å². The number of halogens is 2. The third-order valence-electron chi connectivity index (χ3n) is 3.56. The third-order valence-corrected chi connectivity index (χ3v) is 3.56. The minimum Gasteiger partial charge on any atom is -0.433 e. The van der Waals surface area contributed by atoms with Crippen molar-refractivity contribution in [3.05, 3.63) is 24.3 Å². The highest BCUT2D eigenvalue weighted by molar-refractivity contribution is 5.92. The van der Waals surface area contributed by atoms with E-state index in [4.69, 9.17) is 0 Å². The monoisotopic (exact) mass is 298 g/mol. The summed E-state index contributed by atoms with van der Waals surface area (Å²) in [6, 6.07) is 6.21. The fourth-order valence-electron chi connectivity index (χ4n) is 2.49. The lowest BCUT2D eigenvalue weighted by molar-refractivity contribution is -0.116. The molecular weight excluding hydrogens is 278 g/mol. The zero-order valence-corrected chi connectivity index (χ0v) is 11.8. The summed E-state index contributed by atoms with van der Waals surface area (Å²) in [6.07, 6.45) is 3.45. The van der Waals surface area contributed by atoms with Gasteiger partial charge in [0.2, 0.25) is 5.91 Å². The number of ether oxygens (including phenoxy) is 1. The fraction of sp³-hybridized carbons (Fsp3) is 0.533. The van der Waals surface area contributed by atoms with Crippen LogP contribution in [0.5, 0.6) is 5.75 Å². The van der Waals surface area contributed by atoms with Crippen LogP contribution in [0, 0.1) is 5.92 Å². The van der Waals surface area contributed by atoms with E-state index in [0.717, 1.165) is 32.4 Å². The third kappa shape index (κ3) is 5.30. The number of piperidine rings is 1.